The van der Waals surface area contributed by atoms with Crippen LogP contribution in [0.2, 0.25) is 0 Å². The summed E-state index contributed by atoms with van der Waals surface area (Å²) in [5.74, 6) is 0.856. The van der Waals surface area contributed by atoms with Crippen molar-refractivity contribution in [2.75, 3.05) is 32.8 Å². The van der Waals surface area contributed by atoms with Gasteiger partial charge in [0, 0.05) is 19.1 Å². The Balaban J connectivity index is 0.00000192. The van der Waals surface area contributed by atoms with Gasteiger partial charge in [0.15, 0.2) is 11.5 Å². The normalized spacial score (nSPS) is 20.3. The number of nitrogens with zero attached hydrogens (tertiary/aromatic N) is 1. The smallest absolute Gasteiger partial charge is 0.247 e. The summed E-state index contributed by atoms with van der Waals surface area (Å²) in [7, 11) is -3.60. The van der Waals surface area contributed by atoms with Crippen molar-refractivity contribution in [2.24, 2.45) is 0 Å². The molecule has 1 N–H and O–H groups in total. The summed E-state index contributed by atoms with van der Waals surface area (Å²) in [5, 5.41) is 3.24. The SMILES string of the molecule is CCCN(C1CCNC1)S(=O)(=O)c1cccc2c1OCCO2.Cl. The summed E-state index contributed by atoms with van der Waals surface area (Å²) >= 11 is 0. The Morgan fingerprint density at radius 3 is 2.78 bits per heavy atom. The van der Waals surface area contributed by atoms with Gasteiger partial charge in [-0.25, -0.2) is 8.42 Å². The molecule has 0 spiro atoms. The molecule has 2 aliphatic rings. The highest BCUT2D eigenvalue weighted by atomic mass is 35.5. The fraction of sp³-hybridized carbons (Fsp3) is 0.600. The van der Waals surface area contributed by atoms with Crippen molar-refractivity contribution >= 4 is 22.4 Å². The number of hydrogen-bond acceptors (Lipinski definition) is 5. The number of halogens is 1. The van der Waals surface area contributed by atoms with Crippen molar-refractivity contribution in [3.8, 4) is 11.5 Å². The topological polar surface area (TPSA) is 67.9 Å². The highest BCUT2D eigenvalue weighted by Gasteiger charge is 2.35. The maximum absolute atomic E-state index is 13.1. The van der Waals surface area contributed by atoms with Gasteiger partial charge in [-0.1, -0.05) is 13.0 Å². The molecule has 2 heterocycles. The van der Waals surface area contributed by atoms with Gasteiger partial charge in [-0.2, -0.15) is 4.31 Å². The first-order valence-electron chi connectivity index (χ1n) is 7.75. The van der Waals surface area contributed by atoms with E-state index in [-0.39, 0.29) is 23.3 Å². The third kappa shape index (κ3) is 3.57. The number of para-hydroxylation sites is 1. The van der Waals surface area contributed by atoms with Gasteiger partial charge in [-0.05, 0) is 31.5 Å². The van der Waals surface area contributed by atoms with Crippen LogP contribution in [0.5, 0.6) is 11.5 Å². The Hall–Kier alpha value is -1.02. The van der Waals surface area contributed by atoms with Gasteiger partial charge in [0.2, 0.25) is 10.0 Å². The molecule has 8 heteroatoms. The zero-order valence-electron chi connectivity index (χ0n) is 13.2. The molecular weight excluding hydrogens is 340 g/mol. The van der Waals surface area contributed by atoms with Crippen LogP contribution >= 0.6 is 12.4 Å². The number of nitrogens with one attached hydrogen (secondary N) is 1. The van der Waals surface area contributed by atoms with E-state index in [0.29, 0.717) is 37.8 Å². The molecule has 1 aromatic carbocycles. The number of rotatable bonds is 5. The highest BCUT2D eigenvalue weighted by Crippen LogP contribution is 2.38. The van der Waals surface area contributed by atoms with Crippen molar-refractivity contribution in [1.29, 1.82) is 0 Å². The summed E-state index contributed by atoms with van der Waals surface area (Å²) < 4.78 is 39.0. The molecule has 0 saturated carbocycles. The van der Waals surface area contributed by atoms with E-state index < -0.39 is 10.0 Å². The van der Waals surface area contributed by atoms with Crippen LogP contribution in [0.25, 0.3) is 0 Å². The van der Waals surface area contributed by atoms with Crippen LogP contribution in [0.1, 0.15) is 19.8 Å². The second-order valence-corrected chi connectivity index (χ2v) is 7.40. The number of ether oxygens (including phenoxy) is 2. The maximum Gasteiger partial charge on any atom is 0.247 e. The Bertz CT molecular complexity index is 632. The van der Waals surface area contributed by atoms with Gasteiger partial charge >= 0.3 is 0 Å². The largest absolute Gasteiger partial charge is 0.486 e. The molecule has 0 bridgehead atoms. The zero-order chi connectivity index (χ0) is 15.6. The van der Waals surface area contributed by atoms with E-state index in [1.54, 1.807) is 22.5 Å². The molecule has 0 aliphatic carbocycles. The summed E-state index contributed by atoms with van der Waals surface area (Å²) in [4.78, 5) is 0.213. The first kappa shape index (κ1) is 18.3. The molecular formula is C15H23ClN2O4S. The third-order valence-electron chi connectivity index (χ3n) is 4.00. The van der Waals surface area contributed by atoms with E-state index in [1.165, 1.54) is 0 Å². The minimum atomic E-state index is -3.60. The fourth-order valence-corrected chi connectivity index (χ4v) is 4.87. The van der Waals surface area contributed by atoms with Crippen molar-refractivity contribution in [1.82, 2.24) is 9.62 Å². The van der Waals surface area contributed by atoms with E-state index in [9.17, 15) is 8.42 Å². The number of benzene rings is 1. The van der Waals surface area contributed by atoms with Gasteiger partial charge in [0.1, 0.15) is 18.1 Å². The Morgan fingerprint density at radius 2 is 2.09 bits per heavy atom. The molecule has 0 amide bonds. The standard InChI is InChI=1S/C15H22N2O4S.ClH/c1-2-8-17(12-6-7-16-11-12)22(18,19)14-5-3-4-13-15(14)21-10-9-20-13;/h3-5,12,16H,2,6-11H2,1H3;1H. The number of sulfonamides is 1. The van der Waals surface area contributed by atoms with Crippen LogP contribution in [-0.4, -0.2) is 51.6 Å². The first-order valence-corrected chi connectivity index (χ1v) is 9.19. The van der Waals surface area contributed by atoms with Crippen molar-refractivity contribution < 1.29 is 17.9 Å². The van der Waals surface area contributed by atoms with Crippen molar-refractivity contribution in [3.63, 3.8) is 0 Å². The van der Waals surface area contributed by atoms with Crippen LogP contribution in [-0.2, 0) is 10.0 Å². The highest BCUT2D eigenvalue weighted by molar-refractivity contribution is 7.89. The zero-order valence-corrected chi connectivity index (χ0v) is 14.8. The summed E-state index contributed by atoms with van der Waals surface area (Å²) in [6, 6.07) is 5.06. The van der Waals surface area contributed by atoms with E-state index in [1.807, 2.05) is 6.92 Å². The second kappa shape index (κ2) is 7.70. The van der Waals surface area contributed by atoms with Crippen LogP contribution in [0.3, 0.4) is 0 Å². The van der Waals surface area contributed by atoms with Gasteiger partial charge < -0.3 is 14.8 Å². The molecule has 1 saturated heterocycles. The number of fused-ring (bicyclic) bond motifs is 1. The predicted octanol–water partition coefficient (Wildman–Crippen LogP) is 1.64. The Morgan fingerprint density at radius 1 is 1.30 bits per heavy atom. The van der Waals surface area contributed by atoms with E-state index in [0.717, 1.165) is 19.4 Å². The quantitative estimate of drug-likeness (QED) is 0.862. The lowest BCUT2D eigenvalue weighted by molar-refractivity contribution is 0.166. The van der Waals surface area contributed by atoms with Crippen LogP contribution in [0.4, 0.5) is 0 Å². The van der Waals surface area contributed by atoms with Crippen LogP contribution in [0, 0.1) is 0 Å². The lowest BCUT2D eigenvalue weighted by Gasteiger charge is -2.29. The van der Waals surface area contributed by atoms with E-state index in [2.05, 4.69) is 5.32 Å². The molecule has 0 radical (unpaired) electrons. The molecule has 130 valence electrons. The fourth-order valence-electron chi connectivity index (χ4n) is 2.98. The summed E-state index contributed by atoms with van der Waals surface area (Å²) in [6.45, 7) is 4.88. The lowest BCUT2D eigenvalue weighted by Crippen LogP contribution is -2.42. The molecule has 23 heavy (non-hydrogen) atoms. The Labute approximate surface area is 143 Å². The molecule has 1 atom stereocenters. The van der Waals surface area contributed by atoms with Gasteiger partial charge in [-0.15, -0.1) is 12.4 Å². The third-order valence-corrected chi connectivity index (χ3v) is 5.98. The van der Waals surface area contributed by atoms with Crippen LogP contribution < -0.4 is 14.8 Å². The second-order valence-electron chi connectivity index (χ2n) is 5.54. The summed E-state index contributed by atoms with van der Waals surface area (Å²) in [6.07, 6.45) is 1.62. The summed E-state index contributed by atoms with van der Waals surface area (Å²) in [5.41, 5.74) is 0. The minimum absolute atomic E-state index is 0. The Kier molecular flexibility index (Phi) is 6.13. The number of hydrogen-bond donors (Lipinski definition) is 1. The van der Waals surface area contributed by atoms with E-state index >= 15 is 0 Å². The van der Waals surface area contributed by atoms with Gasteiger partial charge in [0.25, 0.3) is 0 Å². The first-order chi connectivity index (χ1) is 10.6. The minimum Gasteiger partial charge on any atom is -0.486 e. The van der Waals surface area contributed by atoms with E-state index in [4.69, 9.17) is 9.47 Å². The average Bonchev–Trinajstić information content (AvgIpc) is 3.05. The van der Waals surface area contributed by atoms with Gasteiger partial charge in [0.05, 0.1) is 0 Å². The molecule has 1 aromatic rings. The molecule has 2 aliphatic heterocycles. The molecule has 0 aromatic heterocycles. The lowest BCUT2D eigenvalue weighted by atomic mass is 10.2. The van der Waals surface area contributed by atoms with Crippen LogP contribution in [0.15, 0.2) is 23.1 Å². The van der Waals surface area contributed by atoms with Crippen molar-refractivity contribution in [3.05, 3.63) is 18.2 Å². The molecule has 6 nitrogen and oxygen atoms in total. The predicted molar refractivity (Wildman–Crippen MR) is 90.1 cm³/mol. The van der Waals surface area contributed by atoms with Gasteiger partial charge in [-0.3, -0.25) is 0 Å². The average molecular weight is 363 g/mol. The molecule has 1 unspecified atom stereocenters. The molecule has 3 rings (SSSR count). The maximum atomic E-state index is 13.1. The van der Waals surface area contributed by atoms with Crippen molar-refractivity contribution in [2.45, 2.75) is 30.7 Å². The monoisotopic (exact) mass is 362 g/mol. The molecule has 1 fully saturated rings.